The number of thiazole rings is 1. The van der Waals surface area contributed by atoms with Gasteiger partial charge in [0.15, 0.2) is 10.9 Å². The lowest BCUT2D eigenvalue weighted by molar-refractivity contribution is 0.0924. The van der Waals surface area contributed by atoms with Gasteiger partial charge in [0.1, 0.15) is 4.21 Å². The van der Waals surface area contributed by atoms with Crippen LogP contribution in [-0.4, -0.2) is 59.9 Å². The molecule has 14 heteroatoms. The van der Waals surface area contributed by atoms with Crippen LogP contribution in [0, 0.1) is 5.92 Å². The summed E-state index contributed by atoms with van der Waals surface area (Å²) in [5, 5.41) is 17.1. The van der Waals surface area contributed by atoms with E-state index in [2.05, 4.69) is 36.2 Å². The summed E-state index contributed by atoms with van der Waals surface area (Å²) in [5.41, 5.74) is 1.67. The maximum Gasteiger partial charge on any atom is 0.325 e. The number of carbonyl (C=O) groups excluding carboxylic acids is 2. The molecule has 174 valence electrons. The highest BCUT2D eigenvalue weighted by molar-refractivity contribution is 7.93. The van der Waals surface area contributed by atoms with Gasteiger partial charge in [-0.1, -0.05) is 29.3 Å². The SMILES string of the molecule is CN(C)c1ccc(NC(=O)Nc2ncc(S(=O)(=O)c3nn[nH]n3)s2)c(C(=O)C2CCCC2)c1. The van der Waals surface area contributed by atoms with Crippen molar-refractivity contribution in [1.29, 1.82) is 0 Å². The first-order chi connectivity index (χ1) is 15.8. The van der Waals surface area contributed by atoms with E-state index in [1.54, 1.807) is 18.2 Å². The van der Waals surface area contributed by atoms with E-state index >= 15 is 0 Å². The van der Waals surface area contributed by atoms with Gasteiger partial charge >= 0.3 is 6.03 Å². The number of carbonyl (C=O) groups is 2. The number of nitrogens with zero attached hydrogens (tertiary/aromatic N) is 5. The van der Waals surface area contributed by atoms with Crippen LogP contribution in [0.25, 0.3) is 0 Å². The molecule has 4 rings (SSSR count). The zero-order chi connectivity index (χ0) is 23.6. The number of aromatic amines is 1. The van der Waals surface area contributed by atoms with E-state index in [4.69, 9.17) is 0 Å². The van der Waals surface area contributed by atoms with Crippen LogP contribution in [0.4, 0.5) is 21.3 Å². The van der Waals surface area contributed by atoms with E-state index in [-0.39, 0.29) is 21.0 Å². The number of ketones is 1. The first-order valence-corrected chi connectivity index (χ1v) is 12.4. The molecule has 2 aromatic heterocycles. The maximum atomic E-state index is 13.1. The first-order valence-electron chi connectivity index (χ1n) is 10.1. The molecule has 2 amide bonds. The molecule has 1 aromatic carbocycles. The fraction of sp³-hybridized carbons (Fsp3) is 0.368. The zero-order valence-corrected chi connectivity index (χ0v) is 19.5. The lowest BCUT2D eigenvalue weighted by Gasteiger charge is -2.18. The van der Waals surface area contributed by atoms with Gasteiger partial charge in [-0.05, 0) is 36.3 Å². The Balaban J connectivity index is 1.52. The largest absolute Gasteiger partial charge is 0.378 e. The minimum atomic E-state index is -3.99. The van der Waals surface area contributed by atoms with Gasteiger partial charge in [0.25, 0.3) is 15.0 Å². The number of benzene rings is 1. The Labute approximate surface area is 193 Å². The number of anilines is 3. The number of hydrogen-bond donors (Lipinski definition) is 3. The molecule has 1 aliphatic rings. The number of nitrogens with one attached hydrogen (secondary N) is 3. The molecular formula is C19H22N8O4S2. The maximum absolute atomic E-state index is 13.1. The average molecular weight is 491 g/mol. The molecule has 3 aromatic rings. The van der Waals surface area contributed by atoms with Crippen molar-refractivity contribution < 1.29 is 18.0 Å². The summed E-state index contributed by atoms with van der Waals surface area (Å²) in [6.07, 6.45) is 4.83. The summed E-state index contributed by atoms with van der Waals surface area (Å²) in [4.78, 5) is 31.6. The topological polar surface area (TPSA) is 163 Å². The van der Waals surface area contributed by atoms with Crippen molar-refractivity contribution >= 4 is 49.5 Å². The van der Waals surface area contributed by atoms with E-state index in [1.165, 1.54) is 0 Å². The summed E-state index contributed by atoms with van der Waals surface area (Å²) in [5.74, 6) is -0.0443. The van der Waals surface area contributed by atoms with Gasteiger partial charge in [0.05, 0.1) is 11.9 Å². The Morgan fingerprint density at radius 1 is 1.18 bits per heavy atom. The molecular weight excluding hydrogens is 468 g/mol. The minimum Gasteiger partial charge on any atom is -0.378 e. The third-order valence-corrected chi connectivity index (χ3v) is 8.20. The van der Waals surface area contributed by atoms with E-state index < -0.39 is 21.0 Å². The monoisotopic (exact) mass is 490 g/mol. The zero-order valence-electron chi connectivity index (χ0n) is 17.9. The molecule has 0 bridgehead atoms. The fourth-order valence-electron chi connectivity index (χ4n) is 3.58. The lowest BCUT2D eigenvalue weighted by Crippen LogP contribution is -2.22. The van der Waals surface area contributed by atoms with E-state index in [0.717, 1.165) is 48.9 Å². The van der Waals surface area contributed by atoms with E-state index in [0.29, 0.717) is 11.3 Å². The summed E-state index contributed by atoms with van der Waals surface area (Å²) >= 11 is 0.748. The molecule has 0 aliphatic heterocycles. The van der Waals surface area contributed by atoms with Crippen LogP contribution in [-0.2, 0) is 9.84 Å². The third kappa shape index (κ3) is 4.85. The van der Waals surface area contributed by atoms with Gasteiger partial charge in [0, 0.05) is 31.3 Å². The number of sulfone groups is 1. The molecule has 0 unspecified atom stereocenters. The van der Waals surface area contributed by atoms with E-state index in [9.17, 15) is 18.0 Å². The molecule has 0 atom stereocenters. The molecule has 3 N–H and O–H groups in total. The highest BCUT2D eigenvalue weighted by atomic mass is 32.2. The molecule has 1 fully saturated rings. The summed E-state index contributed by atoms with van der Waals surface area (Å²) in [6.45, 7) is 0. The van der Waals surface area contributed by atoms with Crippen molar-refractivity contribution in [1.82, 2.24) is 25.6 Å². The smallest absolute Gasteiger partial charge is 0.325 e. The Morgan fingerprint density at radius 3 is 2.61 bits per heavy atom. The Hall–Kier alpha value is -3.39. The van der Waals surface area contributed by atoms with Crippen molar-refractivity contribution in [3.63, 3.8) is 0 Å². The van der Waals surface area contributed by atoms with Gasteiger partial charge in [-0.25, -0.2) is 18.2 Å². The molecule has 2 heterocycles. The van der Waals surface area contributed by atoms with Crippen LogP contribution in [0.3, 0.4) is 0 Å². The minimum absolute atomic E-state index is 0.00856. The number of tetrazole rings is 1. The number of urea groups is 1. The number of aromatic nitrogens is 5. The van der Waals surface area contributed by atoms with Gasteiger partial charge in [-0.2, -0.15) is 5.21 Å². The fourth-order valence-corrected chi connectivity index (χ4v) is 5.70. The van der Waals surface area contributed by atoms with Gasteiger partial charge in [-0.3, -0.25) is 10.1 Å². The van der Waals surface area contributed by atoms with Crippen LogP contribution < -0.4 is 15.5 Å². The molecule has 12 nitrogen and oxygen atoms in total. The number of rotatable bonds is 7. The summed E-state index contributed by atoms with van der Waals surface area (Å²) in [6, 6.07) is 4.62. The van der Waals surface area contributed by atoms with Crippen LogP contribution in [0.1, 0.15) is 36.0 Å². The molecule has 33 heavy (non-hydrogen) atoms. The number of Topliss-reactive ketones (excluding diaryl/α,β-unsaturated/α-hetero) is 1. The predicted octanol–water partition coefficient (Wildman–Crippen LogP) is 2.57. The van der Waals surface area contributed by atoms with Crippen molar-refractivity contribution in [2.24, 2.45) is 5.92 Å². The standard InChI is InChI=1S/C19H22N8O4S2/c1-27(2)12-7-8-14(13(9-12)16(28)11-5-3-4-6-11)21-17(29)22-18-20-10-15(32-18)33(30,31)19-23-25-26-24-19/h7-11H,3-6H2,1-2H3,(H2,20,21,22,29)(H,23,24,25,26). The number of hydrogen-bond acceptors (Lipinski definition) is 10. The summed E-state index contributed by atoms with van der Waals surface area (Å²) in [7, 11) is -0.238. The Bertz CT molecular complexity index is 1260. The Morgan fingerprint density at radius 2 is 1.94 bits per heavy atom. The van der Waals surface area contributed by atoms with Crippen LogP contribution in [0.15, 0.2) is 33.8 Å². The van der Waals surface area contributed by atoms with Crippen molar-refractivity contribution in [2.75, 3.05) is 29.6 Å². The van der Waals surface area contributed by atoms with E-state index in [1.807, 2.05) is 19.0 Å². The van der Waals surface area contributed by atoms with Crippen molar-refractivity contribution in [3.05, 3.63) is 30.0 Å². The summed E-state index contributed by atoms with van der Waals surface area (Å²) < 4.78 is 24.7. The van der Waals surface area contributed by atoms with Crippen molar-refractivity contribution in [2.45, 2.75) is 35.0 Å². The van der Waals surface area contributed by atoms with Gasteiger partial charge < -0.3 is 10.2 Å². The number of H-pyrrole nitrogens is 1. The average Bonchev–Trinajstić information content (AvgIpc) is 3.56. The number of amides is 2. The van der Waals surface area contributed by atoms with Crippen LogP contribution in [0.5, 0.6) is 0 Å². The van der Waals surface area contributed by atoms with Gasteiger partial charge in [-0.15, -0.1) is 5.10 Å². The van der Waals surface area contributed by atoms with Crippen LogP contribution >= 0.6 is 11.3 Å². The van der Waals surface area contributed by atoms with Gasteiger partial charge in [0.2, 0.25) is 0 Å². The van der Waals surface area contributed by atoms with Crippen LogP contribution in [0.2, 0.25) is 0 Å². The predicted molar refractivity (Wildman–Crippen MR) is 121 cm³/mol. The molecule has 0 saturated heterocycles. The second kappa shape index (κ2) is 9.23. The molecule has 0 spiro atoms. The van der Waals surface area contributed by atoms with Crippen molar-refractivity contribution in [3.8, 4) is 0 Å². The second-order valence-electron chi connectivity index (χ2n) is 7.73. The third-order valence-electron chi connectivity index (χ3n) is 5.30. The highest BCUT2D eigenvalue weighted by Gasteiger charge is 2.28. The second-order valence-corrected chi connectivity index (χ2v) is 10.8. The Kier molecular flexibility index (Phi) is 6.37. The quantitative estimate of drug-likeness (QED) is 0.422. The lowest BCUT2D eigenvalue weighted by atomic mass is 9.94. The first kappa shape index (κ1) is 22.8. The highest BCUT2D eigenvalue weighted by Crippen LogP contribution is 2.32. The molecule has 1 aliphatic carbocycles. The molecule has 1 saturated carbocycles. The normalized spacial score (nSPS) is 14.2. The molecule has 0 radical (unpaired) electrons.